The van der Waals surface area contributed by atoms with Crippen LogP contribution in [0.15, 0.2) is 18.2 Å². The van der Waals surface area contributed by atoms with Gasteiger partial charge in [-0.2, -0.15) is 0 Å². The molecule has 0 saturated carbocycles. The van der Waals surface area contributed by atoms with Gasteiger partial charge in [-0.1, -0.05) is 6.07 Å². The monoisotopic (exact) mass is 328 g/mol. The molecule has 2 rings (SSSR count). The fourth-order valence-electron chi connectivity index (χ4n) is 1.68. The van der Waals surface area contributed by atoms with E-state index in [0.717, 1.165) is 6.07 Å². The van der Waals surface area contributed by atoms with E-state index in [4.69, 9.17) is 11.6 Å². The lowest BCUT2D eigenvalue weighted by atomic mass is 10.0. The fourth-order valence-corrected chi connectivity index (χ4v) is 2.01. The van der Waals surface area contributed by atoms with E-state index in [1.807, 2.05) is 0 Å². The lowest BCUT2D eigenvalue weighted by molar-refractivity contribution is 0.370. The Morgan fingerprint density at radius 3 is 1.62 bits per heavy atom. The Kier molecular flexibility index (Phi) is 4.13. The number of hydrogen-bond donors (Lipinski definition) is 0. The van der Waals surface area contributed by atoms with Crippen LogP contribution in [-0.2, 0) is 0 Å². The Morgan fingerprint density at radius 2 is 1.14 bits per heavy atom. The van der Waals surface area contributed by atoms with Crippen molar-refractivity contribution in [1.82, 2.24) is 0 Å². The van der Waals surface area contributed by atoms with Gasteiger partial charge in [0.25, 0.3) is 0 Å². The second-order valence-electron chi connectivity index (χ2n) is 4.02. The van der Waals surface area contributed by atoms with Gasteiger partial charge in [0.2, 0.25) is 5.82 Å². The van der Waals surface area contributed by atoms with Gasteiger partial charge in [0, 0.05) is 0 Å². The summed E-state index contributed by atoms with van der Waals surface area (Å²) in [5.74, 6) is -13.5. The van der Waals surface area contributed by atoms with Gasteiger partial charge in [0.1, 0.15) is 0 Å². The molecule has 0 fully saturated rings. The van der Waals surface area contributed by atoms with Gasteiger partial charge in [0.05, 0.1) is 10.9 Å². The minimum absolute atomic E-state index is 0.362. The van der Waals surface area contributed by atoms with Gasteiger partial charge in [-0.3, -0.25) is 0 Å². The molecule has 0 amide bonds. The lowest BCUT2D eigenvalue weighted by Gasteiger charge is -2.14. The summed E-state index contributed by atoms with van der Waals surface area (Å²) in [5.41, 5.74) is -1.70. The molecule has 1 atom stereocenters. The molecule has 0 N–H and O–H groups in total. The number of benzene rings is 2. The maximum Gasteiger partial charge on any atom is 0.200 e. The molecule has 0 aliphatic rings. The molecule has 0 spiro atoms. The Labute approximate surface area is 118 Å². The molecular weight excluding hydrogens is 325 g/mol. The Hall–Kier alpha value is -1.76. The molecule has 0 radical (unpaired) electrons. The Balaban J connectivity index is 2.63. The molecule has 21 heavy (non-hydrogen) atoms. The van der Waals surface area contributed by atoms with Crippen LogP contribution in [0.3, 0.4) is 0 Å². The number of halogens is 8. The highest BCUT2D eigenvalue weighted by atomic mass is 35.5. The van der Waals surface area contributed by atoms with Gasteiger partial charge < -0.3 is 0 Å². The van der Waals surface area contributed by atoms with Crippen molar-refractivity contribution in [3.63, 3.8) is 0 Å². The smallest absolute Gasteiger partial charge is 0.200 e. The fraction of sp³-hybridized carbons (Fsp3) is 0.0769. The van der Waals surface area contributed by atoms with Crippen LogP contribution in [-0.4, -0.2) is 0 Å². The zero-order valence-corrected chi connectivity index (χ0v) is 10.6. The predicted octanol–water partition coefficient (Wildman–Crippen LogP) is 4.99. The van der Waals surface area contributed by atoms with E-state index in [1.165, 1.54) is 0 Å². The second kappa shape index (κ2) is 5.55. The van der Waals surface area contributed by atoms with Gasteiger partial charge in [-0.15, -0.1) is 11.6 Å². The van der Waals surface area contributed by atoms with Crippen LogP contribution in [0.5, 0.6) is 0 Å². The average Bonchev–Trinajstić information content (AvgIpc) is 2.46. The second-order valence-corrected chi connectivity index (χ2v) is 4.46. The summed E-state index contributed by atoms with van der Waals surface area (Å²) in [6.45, 7) is 0. The highest BCUT2D eigenvalue weighted by molar-refractivity contribution is 6.22. The van der Waals surface area contributed by atoms with Crippen molar-refractivity contribution in [1.29, 1.82) is 0 Å². The third-order valence-corrected chi connectivity index (χ3v) is 3.20. The molecule has 0 aliphatic heterocycles. The molecule has 0 aliphatic carbocycles. The molecule has 0 heterocycles. The van der Waals surface area contributed by atoms with Crippen LogP contribution in [0.25, 0.3) is 0 Å². The minimum atomic E-state index is -2.33. The molecule has 8 heteroatoms. The number of hydrogen-bond acceptors (Lipinski definition) is 0. The van der Waals surface area contributed by atoms with Gasteiger partial charge in [-0.05, 0) is 17.7 Å². The number of alkyl halides is 1. The summed E-state index contributed by atoms with van der Waals surface area (Å²) in [6, 6.07) is 1.99. The molecule has 2 aromatic carbocycles. The van der Waals surface area contributed by atoms with Crippen molar-refractivity contribution in [2.24, 2.45) is 0 Å². The highest BCUT2D eigenvalue weighted by Crippen LogP contribution is 2.36. The molecule has 1 unspecified atom stereocenters. The van der Waals surface area contributed by atoms with Crippen molar-refractivity contribution >= 4 is 11.6 Å². The Bertz CT molecular complexity index is 685. The van der Waals surface area contributed by atoms with E-state index < -0.39 is 51.7 Å². The first-order chi connectivity index (χ1) is 9.75. The predicted molar refractivity (Wildman–Crippen MR) is 60.3 cm³/mol. The van der Waals surface area contributed by atoms with E-state index in [9.17, 15) is 30.7 Å². The molecule has 2 aromatic rings. The normalized spacial score (nSPS) is 12.6. The lowest BCUT2D eigenvalue weighted by Crippen LogP contribution is -2.10. The zero-order valence-electron chi connectivity index (χ0n) is 9.83. The SMILES string of the molecule is Fc1ccc(C(Cl)c2c(F)c(F)c(F)c(F)c2F)cc1F. The third kappa shape index (κ3) is 2.57. The largest absolute Gasteiger partial charge is 0.204 e. The highest BCUT2D eigenvalue weighted by Gasteiger charge is 2.30. The topological polar surface area (TPSA) is 0 Å². The van der Waals surface area contributed by atoms with E-state index in [1.54, 1.807) is 0 Å². The van der Waals surface area contributed by atoms with E-state index in [-0.39, 0.29) is 5.56 Å². The molecular formula is C13H4ClF7. The van der Waals surface area contributed by atoms with Crippen molar-refractivity contribution in [3.05, 3.63) is 70.0 Å². The van der Waals surface area contributed by atoms with Gasteiger partial charge >= 0.3 is 0 Å². The third-order valence-electron chi connectivity index (χ3n) is 2.73. The van der Waals surface area contributed by atoms with Crippen LogP contribution in [0.1, 0.15) is 16.5 Å². The first-order valence-electron chi connectivity index (χ1n) is 5.36. The molecule has 0 aromatic heterocycles. The summed E-state index contributed by atoms with van der Waals surface area (Å²) in [5, 5.41) is -1.88. The molecule has 0 saturated heterocycles. The van der Waals surface area contributed by atoms with Crippen molar-refractivity contribution in [2.45, 2.75) is 5.38 Å². The first-order valence-corrected chi connectivity index (χ1v) is 5.79. The van der Waals surface area contributed by atoms with E-state index in [0.29, 0.717) is 12.1 Å². The zero-order chi connectivity index (χ0) is 15.9. The maximum absolute atomic E-state index is 13.5. The summed E-state index contributed by atoms with van der Waals surface area (Å²) in [4.78, 5) is 0. The quantitative estimate of drug-likeness (QED) is 0.315. The van der Waals surface area contributed by atoms with Crippen LogP contribution >= 0.6 is 11.6 Å². The number of rotatable bonds is 2. The van der Waals surface area contributed by atoms with E-state index in [2.05, 4.69) is 0 Å². The van der Waals surface area contributed by atoms with Crippen LogP contribution in [0.4, 0.5) is 30.7 Å². The minimum Gasteiger partial charge on any atom is -0.204 e. The van der Waals surface area contributed by atoms with Gasteiger partial charge in [0.15, 0.2) is 34.9 Å². The molecule has 0 bridgehead atoms. The maximum atomic E-state index is 13.5. The van der Waals surface area contributed by atoms with Crippen molar-refractivity contribution < 1.29 is 30.7 Å². The molecule has 0 nitrogen and oxygen atoms in total. The van der Waals surface area contributed by atoms with Crippen LogP contribution in [0, 0.1) is 40.7 Å². The standard InChI is InChI=1S/C13H4ClF7/c14-8(4-1-2-5(15)6(16)3-4)7-9(17)11(19)13(21)12(20)10(7)18/h1-3,8H. The summed E-state index contributed by atoms with van der Waals surface area (Å²) >= 11 is 5.64. The summed E-state index contributed by atoms with van der Waals surface area (Å²) < 4.78 is 91.9. The van der Waals surface area contributed by atoms with Gasteiger partial charge in [-0.25, -0.2) is 30.7 Å². The first kappa shape index (κ1) is 15.6. The van der Waals surface area contributed by atoms with Crippen molar-refractivity contribution in [2.75, 3.05) is 0 Å². The molecule has 112 valence electrons. The van der Waals surface area contributed by atoms with Crippen molar-refractivity contribution in [3.8, 4) is 0 Å². The van der Waals surface area contributed by atoms with E-state index >= 15 is 0 Å². The van der Waals surface area contributed by atoms with Crippen LogP contribution < -0.4 is 0 Å². The van der Waals surface area contributed by atoms with Crippen LogP contribution in [0.2, 0.25) is 0 Å². The summed E-state index contributed by atoms with van der Waals surface area (Å²) in [7, 11) is 0. The summed E-state index contributed by atoms with van der Waals surface area (Å²) in [6.07, 6.45) is 0. The Morgan fingerprint density at radius 1 is 0.667 bits per heavy atom. The average molecular weight is 329 g/mol.